The fraction of sp³-hybridized carbons (Fsp3) is 0.368. The van der Waals surface area contributed by atoms with Crippen LogP contribution < -0.4 is 5.43 Å². The van der Waals surface area contributed by atoms with Crippen LogP contribution in [0.3, 0.4) is 0 Å². The van der Waals surface area contributed by atoms with Crippen LogP contribution in [-0.2, 0) is 4.79 Å². The summed E-state index contributed by atoms with van der Waals surface area (Å²) >= 11 is 3.06. The maximum absolute atomic E-state index is 12.1. The summed E-state index contributed by atoms with van der Waals surface area (Å²) in [5.41, 5.74) is 2.52. The molecule has 0 saturated heterocycles. The Hall–Kier alpha value is -2.39. The topological polar surface area (TPSA) is 85.3 Å². The van der Waals surface area contributed by atoms with Crippen LogP contribution in [0.15, 0.2) is 50.6 Å². The molecule has 4 rings (SSSR count). The normalized spacial score (nSPS) is 15.3. The molecule has 3 aromatic rings. The van der Waals surface area contributed by atoms with Crippen LogP contribution in [0.5, 0.6) is 0 Å². The summed E-state index contributed by atoms with van der Waals surface area (Å²) in [6, 6.07) is 8.02. The van der Waals surface area contributed by atoms with Gasteiger partial charge in [0.1, 0.15) is 5.76 Å². The molecule has 0 atom stereocenters. The quantitative estimate of drug-likeness (QED) is 0.352. The number of hydrazone groups is 1. The predicted molar refractivity (Wildman–Crippen MR) is 111 cm³/mol. The zero-order valence-electron chi connectivity index (χ0n) is 15.3. The van der Waals surface area contributed by atoms with Crippen molar-refractivity contribution < 1.29 is 9.21 Å². The van der Waals surface area contributed by atoms with E-state index in [2.05, 4.69) is 31.4 Å². The molecule has 3 aromatic heterocycles. The first-order valence-electron chi connectivity index (χ1n) is 9.28. The van der Waals surface area contributed by atoms with E-state index in [1.807, 2.05) is 11.4 Å². The van der Waals surface area contributed by atoms with Crippen molar-refractivity contribution in [2.75, 3.05) is 5.75 Å². The van der Waals surface area contributed by atoms with Crippen molar-refractivity contribution >= 4 is 35.2 Å². The molecule has 3 heterocycles. The van der Waals surface area contributed by atoms with Crippen molar-refractivity contribution in [3.63, 3.8) is 0 Å². The number of carbonyl (C=O) groups excluding carboxylic acids is 1. The number of carbonyl (C=O) groups is 1. The number of furan rings is 1. The van der Waals surface area contributed by atoms with Crippen molar-refractivity contribution in [2.24, 2.45) is 5.10 Å². The molecule has 7 nitrogen and oxygen atoms in total. The zero-order chi connectivity index (χ0) is 19.2. The summed E-state index contributed by atoms with van der Waals surface area (Å²) in [5, 5.41) is 15.6. The van der Waals surface area contributed by atoms with Crippen molar-refractivity contribution in [1.29, 1.82) is 0 Å². The Labute approximate surface area is 171 Å². The lowest BCUT2D eigenvalue weighted by molar-refractivity contribution is -0.118. The molecule has 0 aliphatic heterocycles. The number of amides is 1. The second-order valence-corrected chi connectivity index (χ2v) is 8.43. The molecule has 9 heteroatoms. The molecule has 1 fully saturated rings. The van der Waals surface area contributed by atoms with Crippen molar-refractivity contribution in [3.8, 4) is 10.7 Å². The van der Waals surface area contributed by atoms with Gasteiger partial charge in [0.25, 0.3) is 5.91 Å². The highest BCUT2D eigenvalue weighted by atomic mass is 32.2. The molecule has 146 valence electrons. The summed E-state index contributed by atoms with van der Waals surface area (Å²) in [7, 11) is 0. The first-order valence-corrected chi connectivity index (χ1v) is 11.1. The summed E-state index contributed by atoms with van der Waals surface area (Å²) < 4.78 is 7.37. The van der Waals surface area contributed by atoms with E-state index < -0.39 is 0 Å². The van der Waals surface area contributed by atoms with Crippen LogP contribution in [0.2, 0.25) is 0 Å². The molecule has 1 saturated carbocycles. The van der Waals surface area contributed by atoms with E-state index in [0.29, 0.717) is 11.8 Å². The van der Waals surface area contributed by atoms with E-state index in [1.165, 1.54) is 37.2 Å². The lowest BCUT2D eigenvalue weighted by Crippen LogP contribution is -2.20. The molecular formula is C19H21N5O2S2. The van der Waals surface area contributed by atoms with Gasteiger partial charge in [-0.1, -0.05) is 37.1 Å². The third-order valence-corrected chi connectivity index (χ3v) is 6.41. The molecule has 1 aliphatic carbocycles. The minimum Gasteiger partial charge on any atom is -0.463 e. The third kappa shape index (κ3) is 4.53. The third-order valence-electron chi connectivity index (χ3n) is 4.60. The van der Waals surface area contributed by atoms with Gasteiger partial charge >= 0.3 is 0 Å². The van der Waals surface area contributed by atoms with Gasteiger partial charge in [0, 0.05) is 6.04 Å². The molecule has 1 amide bonds. The monoisotopic (exact) mass is 415 g/mol. The minimum atomic E-state index is -0.191. The zero-order valence-corrected chi connectivity index (χ0v) is 16.9. The molecule has 0 unspecified atom stereocenters. The van der Waals surface area contributed by atoms with E-state index >= 15 is 0 Å². The van der Waals surface area contributed by atoms with Gasteiger partial charge in [-0.3, -0.25) is 9.36 Å². The van der Waals surface area contributed by atoms with Crippen LogP contribution in [0.25, 0.3) is 10.7 Å². The van der Waals surface area contributed by atoms with Crippen LogP contribution in [0.4, 0.5) is 0 Å². The average Bonchev–Trinajstić information content (AvgIpc) is 3.48. The second-order valence-electron chi connectivity index (χ2n) is 6.54. The fourth-order valence-corrected chi connectivity index (χ4v) is 4.82. The molecule has 0 aromatic carbocycles. The van der Waals surface area contributed by atoms with Gasteiger partial charge in [-0.25, -0.2) is 5.43 Å². The van der Waals surface area contributed by atoms with E-state index in [1.54, 1.807) is 29.7 Å². The first-order chi connectivity index (χ1) is 13.8. The van der Waals surface area contributed by atoms with Gasteiger partial charge in [0.2, 0.25) is 0 Å². The number of thioether (sulfide) groups is 1. The number of hydrogen-bond donors (Lipinski definition) is 1. The summed E-state index contributed by atoms with van der Waals surface area (Å²) in [4.78, 5) is 13.2. The van der Waals surface area contributed by atoms with Crippen LogP contribution in [0, 0.1) is 0 Å². The smallest absolute Gasteiger partial charge is 0.250 e. The highest BCUT2D eigenvalue weighted by Crippen LogP contribution is 2.36. The molecule has 1 N–H and O–H groups in total. The number of nitrogens with one attached hydrogen (secondary N) is 1. The fourth-order valence-electron chi connectivity index (χ4n) is 3.31. The minimum absolute atomic E-state index is 0.191. The Morgan fingerprint density at radius 2 is 2.21 bits per heavy atom. The van der Waals surface area contributed by atoms with Gasteiger partial charge in [-0.15, -0.1) is 21.5 Å². The Morgan fingerprint density at radius 1 is 1.32 bits per heavy atom. The summed E-state index contributed by atoms with van der Waals surface area (Å²) in [6.45, 7) is 0. The maximum atomic E-state index is 12.1. The standard InChI is InChI=1S/C19H21N5O2S2/c25-17(21-20-12-15-8-4-10-26-15)13-28-19-23-22-18(16-9-5-11-27-16)24(19)14-6-2-1-3-7-14/h4-5,8-12,14H,1-3,6-7,13H2,(H,21,25)/b20-12+. The van der Waals surface area contributed by atoms with Crippen molar-refractivity contribution in [2.45, 2.75) is 43.3 Å². The van der Waals surface area contributed by atoms with E-state index in [9.17, 15) is 4.79 Å². The molecule has 0 bridgehead atoms. The van der Waals surface area contributed by atoms with Gasteiger partial charge in [0.05, 0.1) is 23.1 Å². The Kier molecular flexibility index (Phi) is 6.23. The highest BCUT2D eigenvalue weighted by Gasteiger charge is 2.24. The second kappa shape index (κ2) is 9.20. The summed E-state index contributed by atoms with van der Waals surface area (Å²) in [5.74, 6) is 1.53. The van der Waals surface area contributed by atoms with Gasteiger partial charge in [0.15, 0.2) is 11.0 Å². The molecular weight excluding hydrogens is 394 g/mol. The predicted octanol–water partition coefficient (Wildman–Crippen LogP) is 4.35. The Balaban J connectivity index is 1.44. The average molecular weight is 416 g/mol. The van der Waals surface area contributed by atoms with Crippen molar-refractivity contribution in [3.05, 3.63) is 41.7 Å². The SMILES string of the molecule is O=C(CSc1nnc(-c2cccs2)n1C1CCCCC1)N/N=C/c1ccco1. The number of rotatable bonds is 7. The van der Waals surface area contributed by atoms with E-state index in [0.717, 1.165) is 28.7 Å². The van der Waals surface area contributed by atoms with Crippen LogP contribution in [-0.4, -0.2) is 32.6 Å². The number of nitrogens with zero attached hydrogens (tertiary/aromatic N) is 4. The van der Waals surface area contributed by atoms with Gasteiger partial charge < -0.3 is 4.42 Å². The largest absolute Gasteiger partial charge is 0.463 e. The van der Waals surface area contributed by atoms with Crippen molar-refractivity contribution in [1.82, 2.24) is 20.2 Å². The van der Waals surface area contributed by atoms with E-state index in [-0.39, 0.29) is 11.7 Å². The first kappa shape index (κ1) is 18.9. The maximum Gasteiger partial charge on any atom is 0.250 e. The molecule has 0 spiro atoms. The highest BCUT2D eigenvalue weighted by molar-refractivity contribution is 7.99. The Bertz CT molecular complexity index is 912. The van der Waals surface area contributed by atoms with Crippen LogP contribution >= 0.6 is 23.1 Å². The lowest BCUT2D eigenvalue weighted by atomic mass is 9.95. The number of aromatic nitrogens is 3. The van der Waals surface area contributed by atoms with Gasteiger partial charge in [-0.2, -0.15) is 5.10 Å². The molecule has 28 heavy (non-hydrogen) atoms. The van der Waals surface area contributed by atoms with E-state index in [4.69, 9.17) is 4.42 Å². The lowest BCUT2D eigenvalue weighted by Gasteiger charge is -2.25. The summed E-state index contributed by atoms with van der Waals surface area (Å²) in [6.07, 6.45) is 9.01. The number of hydrogen-bond acceptors (Lipinski definition) is 7. The van der Waals surface area contributed by atoms with Gasteiger partial charge in [-0.05, 0) is 36.4 Å². The molecule has 0 radical (unpaired) electrons. The number of thiophene rings is 1. The van der Waals surface area contributed by atoms with Crippen LogP contribution in [0.1, 0.15) is 43.9 Å². The molecule has 1 aliphatic rings. The Morgan fingerprint density at radius 3 is 2.96 bits per heavy atom.